The topological polar surface area (TPSA) is 46.3 Å². The molecule has 88 valence electrons. The summed E-state index contributed by atoms with van der Waals surface area (Å²) in [6.45, 7) is 2.52. The molecule has 0 radical (unpaired) electrons. The molecule has 0 saturated carbocycles. The largest absolute Gasteiger partial charge is 0.467 e. The number of hydrogen-bond acceptors (Lipinski definition) is 3. The summed E-state index contributed by atoms with van der Waals surface area (Å²) in [5.41, 5.74) is 0.870. The summed E-state index contributed by atoms with van der Waals surface area (Å²) in [7, 11) is 0. The highest BCUT2D eigenvalue weighted by Crippen LogP contribution is 2.09. The molecule has 0 spiro atoms. The predicted molar refractivity (Wildman–Crippen MR) is 62.9 cm³/mol. The first kappa shape index (κ1) is 11.4. The number of furan rings is 1. The van der Waals surface area contributed by atoms with Crippen LogP contribution in [0.3, 0.4) is 0 Å². The van der Waals surface area contributed by atoms with Crippen LogP contribution in [0.2, 0.25) is 0 Å². The van der Waals surface area contributed by atoms with E-state index in [0.29, 0.717) is 13.1 Å². The Morgan fingerprint density at radius 3 is 2.76 bits per heavy atom. The Labute approximate surface area is 99.9 Å². The molecule has 4 heteroatoms. The minimum atomic E-state index is 0.00653. The van der Waals surface area contributed by atoms with E-state index < -0.39 is 0 Å². The van der Waals surface area contributed by atoms with Gasteiger partial charge in [0.2, 0.25) is 5.91 Å². The van der Waals surface area contributed by atoms with Crippen molar-refractivity contribution in [2.75, 3.05) is 0 Å². The van der Waals surface area contributed by atoms with Crippen LogP contribution in [0.4, 0.5) is 0 Å². The molecule has 0 fully saturated rings. The first-order valence-electron chi connectivity index (χ1n) is 5.43. The van der Waals surface area contributed by atoms with E-state index >= 15 is 0 Å². The highest BCUT2D eigenvalue weighted by atomic mass is 16.3. The van der Waals surface area contributed by atoms with E-state index in [0.717, 1.165) is 11.5 Å². The van der Waals surface area contributed by atoms with Gasteiger partial charge in [0.25, 0.3) is 0 Å². The average molecular weight is 230 g/mol. The molecule has 17 heavy (non-hydrogen) atoms. The van der Waals surface area contributed by atoms with Crippen molar-refractivity contribution in [1.29, 1.82) is 0 Å². The SMILES string of the molecule is CC(=O)N(Cc1ccccn1)Cc1ccco1. The molecule has 0 unspecified atom stereocenters. The number of hydrogen-bond donors (Lipinski definition) is 0. The molecule has 0 saturated heterocycles. The molecule has 2 aromatic rings. The van der Waals surface area contributed by atoms with Gasteiger partial charge in [0.05, 0.1) is 25.0 Å². The molecule has 0 aliphatic carbocycles. The number of rotatable bonds is 4. The fourth-order valence-corrected chi connectivity index (χ4v) is 1.56. The first-order valence-corrected chi connectivity index (χ1v) is 5.43. The zero-order valence-electron chi connectivity index (χ0n) is 9.67. The summed E-state index contributed by atoms with van der Waals surface area (Å²) < 4.78 is 5.24. The quantitative estimate of drug-likeness (QED) is 0.809. The molecule has 2 aromatic heterocycles. The van der Waals surface area contributed by atoms with Crippen molar-refractivity contribution < 1.29 is 9.21 Å². The van der Waals surface area contributed by atoms with Gasteiger partial charge in [-0.2, -0.15) is 0 Å². The van der Waals surface area contributed by atoms with Crippen molar-refractivity contribution >= 4 is 5.91 Å². The molecule has 1 amide bonds. The van der Waals surface area contributed by atoms with Crippen molar-refractivity contribution in [3.8, 4) is 0 Å². The maximum Gasteiger partial charge on any atom is 0.220 e. The molecule has 0 aliphatic heterocycles. The van der Waals surface area contributed by atoms with E-state index in [9.17, 15) is 4.79 Å². The summed E-state index contributed by atoms with van der Waals surface area (Å²) in [5, 5.41) is 0. The van der Waals surface area contributed by atoms with Crippen molar-refractivity contribution in [3.63, 3.8) is 0 Å². The number of pyridine rings is 1. The third kappa shape index (κ3) is 3.17. The molecule has 0 aromatic carbocycles. The molecule has 4 nitrogen and oxygen atoms in total. The Balaban J connectivity index is 2.06. The fourth-order valence-electron chi connectivity index (χ4n) is 1.56. The Morgan fingerprint density at radius 1 is 1.29 bits per heavy atom. The smallest absolute Gasteiger partial charge is 0.220 e. The molecule has 0 bridgehead atoms. The number of carbonyl (C=O) groups excluding carboxylic acids is 1. The minimum absolute atomic E-state index is 0.00653. The van der Waals surface area contributed by atoms with Crippen LogP contribution in [0, 0.1) is 0 Å². The Bertz CT molecular complexity index is 465. The lowest BCUT2D eigenvalue weighted by atomic mass is 10.3. The summed E-state index contributed by atoms with van der Waals surface area (Å²) >= 11 is 0. The lowest BCUT2D eigenvalue weighted by Crippen LogP contribution is -2.27. The van der Waals surface area contributed by atoms with Crippen molar-refractivity contribution in [1.82, 2.24) is 9.88 Å². The number of nitrogens with zero attached hydrogens (tertiary/aromatic N) is 2. The second-order valence-electron chi connectivity index (χ2n) is 3.78. The Hall–Kier alpha value is -2.10. The second-order valence-corrected chi connectivity index (χ2v) is 3.78. The molecule has 0 atom stereocenters. The predicted octanol–water partition coefficient (Wildman–Crippen LogP) is 2.22. The van der Waals surface area contributed by atoms with E-state index in [1.165, 1.54) is 0 Å². The van der Waals surface area contributed by atoms with Crippen molar-refractivity contribution in [3.05, 3.63) is 54.2 Å². The zero-order chi connectivity index (χ0) is 12.1. The normalized spacial score (nSPS) is 10.2. The van der Waals surface area contributed by atoms with Crippen molar-refractivity contribution in [2.24, 2.45) is 0 Å². The molecule has 0 N–H and O–H groups in total. The summed E-state index contributed by atoms with van der Waals surface area (Å²) in [6, 6.07) is 9.34. The third-order valence-corrected chi connectivity index (χ3v) is 2.45. The van der Waals surface area contributed by atoms with Gasteiger partial charge in [-0.15, -0.1) is 0 Å². The van der Waals surface area contributed by atoms with Gasteiger partial charge in [-0.3, -0.25) is 9.78 Å². The zero-order valence-corrected chi connectivity index (χ0v) is 9.67. The highest BCUT2D eigenvalue weighted by Gasteiger charge is 2.11. The number of carbonyl (C=O) groups is 1. The molecular formula is C13H14N2O2. The lowest BCUT2D eigenvalue weighted by Gasteiger charge is -2.19. The Morgan fingerprint density at radius 2 is 2.18 bits per heavy atom. The van der Waals surface area contributed by atoms with Crippen LogP contribution in [-0.4, -0.2) is 15.8 Å². The van der Waals surface area contributed by atoms with E-state index in [1.54, 1.807) is 24.3 Å². The summed E-state index contributed by atoms with van der Waals surface area (Å²) in [6.07, 6.45) is 3.33. The van der Waals surface area contributed by atoms with E-state index in [4.69, 9.17) is 4.42 Å². The average Bonchev–Trinajstić information content (AvgIpc) is 2.82. The van der Waals surface area contributed by atoms with E-state index in [2.05, 4.69) is 4.98 Å². The van der Waals surface area contributed by atoms with Gasteiger partial charge in [0.15, 0.2) is 0 Å². The van der Waals surface area contributed by atoms with Crippen LogP contribution in [0.15, 0.2) is 47.2 Å². The van der Waals surface area contributed by atoms with Crippen LogP contribution < -0.4 is 0 Å². The lowest BCUT2D eigenvalue weighted by molar-refractivity contribution is -0.130. The van der Waals surface area contributed by atoms with Gasteiger partial charge in [0, 0.05) is 13.1 Å². The summed E-state index contributed by atoms with van der Waals surface area (Å²) in [5.74, 6) is 0.781. The molecule has 0 aliphatic rings. The Kier molecular flexibility index (Phi) is 3.55. The van der Waals surface area contributed by atoms with Crippen LogP contribution in [-0.2, 0) is 17.9 Å². The monoisotopic (exact) mass is 230 g/mol. The third-order valence-electron chi connectivity index (χ3n) is 2.45. The van der Waals surface area contributed by atoms with E-state index in [1.807, 2.05) is 30.3 Å². The summed E-state index contributed by atoms with van der Waals surface area (Å²) in [4.78, 5) is 17.4. The number of aromatic nitrogens is 1. The minimum Gasteiger partial charge on any atom is -0.467 e. The molecular weight excluding hydrogens is 216 g/mol. The van der Waals surface area contributed by atoms with Gasteiger partial charge >= 0.3 is 0 Å². The molecule has 2 heterocycles. The van der Waals surface area contributed by atoms with Crippen LogP contribution >= 0.6 is 0 Å². The van der Waals surface area contributed by atoms with E-state index in [-0.39, 0.29) is 5.91 Å². The van der Waals surface area contributed by atoms with Gasteiger partial charge in [-0.25, -0.2) is 0 Å². The van der Waals surface area contributed by atoms with Crippen molar-refractivity contribution in [2.45, 2.75) is 20.0 Å². The number of amides is 1. The first-order chi connectivity index (χ1) is 8.25. The fraction of sp³-hybridized carbons (Fsp3) is 0.231. The van der Waals surface area contributed by atoms with Gasteiger partial charge < -0.3 is 9.32 Å². The van der Waals surface area contributed by atoms with Gasteiger partial charge in [0.1, 0.15) is 5.76 Å². The maximum atomic E-state index is 11.5. The second kappa shape index (κ2) is 5.30. The van der Waals surface area contributed by atoms with Crippen LogP contribution in [0.1, 0.15) is 18.4 Å². The highest BCUT2D eigenvalue weighted by molar-refractivity contribution is 5.73. The van der Waals surface area contributed by atoms with Crippen LogP contribution in [0.25, 0.3) is 0 Å². The standard InChI is InChI=1S/C13H14N2O2/c1-11(16)15(10-13-6-4-8-17-13)9-12-5-2-3-7-14-12/h2-8H,9-10H2,1H3. The molecule has 2 rings (SSSR count). The van der Waals surface area contributed by atoms with Gasteiger partial charge in [-0.05, 0) is 24.3 Å². The van der Waals surface area contributed by atoms with Crippen LogP contribution in [0.5, 0.6) is 0 Å². The maximum absolute atomic E-state index is 11.5. The van der Waals surface area contributed by atoms with Gasteiger partial charge in [-0.1, -0.05) is 6.07 Å².